The van der Waals surface area contributed by atoms with Crippen LogP contribution in [-0.2, 0) is 0 Å². The summed E-state index contributed by atoms with van der Waals surface area (Å²) in [4.78, 5) is 11.2. The molecule has 0 radical (unpaired) electrons. The van der Waals surface area contributed by atoms with E-state index in [0.717, 1.165) is 16.9 Å². The lowest BCUT2D eigenvalue weighted by molar-refractivity contribution is 0.301. The molecule has 1 aliphatic carbocycles. The molecular weight excluding hydrogens is 214 g/mol. The van der Waals surface area contributed by atoms with Crippen molar-refractivity contribution in [3.8, 4) is 0 Å². The summed E-state index contributed by atoms with van der Waals surface area (Å²) in [6.45, 7) is 0.794. The maximum atomic E-state index is 9.10. The molecule has 1 N–H and O–H groups in total. The van der Waals surface area contributed by atoms with Crippen LogP contribution in [0.5, 0.6) is 0 Å². The summed E-state index contributed by atoms with van der Waals surface area (Å²) < 4.78 is 0. The van der Waals surface area contributed by atoms with Crippen LogP contribution in [0.4, 0.5) is 5.82 Å². The predicted molar refractivity (Wildman–Crippen MR) is 67.0 cm³/mol. The number of aliphatic hydroxyl groups excluding tert-OH is 1. The number of benzene rings is 1. The lowest BCUT2D eigenvalue weighted by Gasteiger charge is -2.22. The molecule has 4 nitrogen and oxygen atoms in total. The average Bonchev–Trinajstić information content (AvgIpc) is 3.20. The molecule has 0 bridgehead atoms. The first-order valence-corrected chi connectivity index (χ1v) is 5.98. The number of aromatic nitrogens is 2. The summed E-state index contributed by atoms with van der Waals surface area (Å²) in [6.07, 6.45) is 4.18. The van der Waals surface area contributed by atoms with Crippen molar-refractivity contribution < 1.29 is 5.11 Å². The van der Waals surface area contributed by atoms with Gasteiger partial charge in [0.2, 0.25) is 0 Å². The van der Waals surface area contributed by atoms with E-state index in [1.807, 2.05) is 24.3 Å². The molecule has 1 aromatic heterocycles. The minimum absolute atomic E-state index is 0.158. The number of rotatable bonds is 4. The number of hydrogen-bond acceptors (Lipinski definition) is 4. The van der Waals surface area contributed by atoms with Gasteiger partial charge in [-0.25, -0.2) is 4.98 Å². The third-order valence-electron chi connectivity index (χ3n) is 3.06. The van der Waals surface area contributed by atoms with Crippen LogP contribution in [0.3, 0.4) is 0 Å². The van der Waals surface area contributed by atoms with Crippen LogP contribution in [0.1, 0.15) is 12.8 Å². The van der Waals surface area contributed by atoms with E-state index in [1.54, 1.807) is 6.20 Å². The third kappa shape index (κ3) is 2.08. The van der Waals surface area contributed by atoms with Crippen molar-refractivity contribution in [1.82, 2.24) is 9.97 Å². The van der Waals surface area contributed by atoms with Crippen molar-refractivity contribution in [3.05, 3.63) is 30.5 Å². The van der Waals surface area contributed by atoms with Gasteiger partial charge in [0.25, 0.3) is 0 Å². The summed E-state index contributed by atoms with van der Waals surface area (Å²) in [5, 5.41) is 9.10. The zero-order valence-electron chi connectivity index (χ0n) is 9.58. The Labute approximate surface area is 99.9 Å². The first kappa shape index (κ1) is 10.5. The third-order valence-corrected chi connectivity index (χ3v) is 3.06. The van der Waals surface area contributed by atoms with E-state index in [2.05, 4.69) is 14.9 Å². The molecule has 1 saturated carbocycles. The van der Waals surface area contributed by atoms with Crippen LogP contribution in [0.25, 0.3) is 11.0 Å². The summed E-state index contributed by atoms with van der Waals surface area (Å²) in [5.41, 5.74) is 1.82. The fourth-order valence-electron chi connectivity index (χ4n) is 2.06. The van der Waals surface area contributed by atoms with Crippen molar-refractivity contribution in [2.24, 2.45) is 0 Å². The highest BCUT2D eigenvalue weighted by atomic mass is 16.3. The number of anilines is 1. The number of para-hydroxylation sites is 2. The standard InChI is InChI=1S/C13H15N3O/c17-8-7-16(10-5-6-10)13-9-14-11-3-1-2-4-12(11)15-13/h1-4,9-10,17H,5-8H2. The number of hydrogen-bond donors (Lipinski definition) is 1. The topological polar surface area (TPSA) is 49.2 Å². The minimum Gasteiger partial charge on any atom is -0.395 e. The summed E-state index contributed by atoms with van der Waals surface area (Å²) in [7, 11) is 0. The number of nitrogens with zero attached hydrogens (tertiary/aromatic N) is 3. The molecular formula is C13H15N3O. The van der Waals surface area contributed by atoms with Gasteiger partial charge in [0.05, 0.1) is 23.8 Å². The Morgan fingerprint density at radius 3 is 2.71 bits per heavy atom. The fourth-order valence-corrected chi connectivity index (χ4v) is 2.06. The molecule has 17 heavy (non-hydrogen) atoms. The molecule has 4 heteroatoms. The van der Waals surface area contributed by atoms with Crippen molar-refractivity contribution >= 4 is 16.9 Å². The van der Waals surface area contributed by atoms with Gasteiger partial charge in [0.1, 0.15) is 5.82 Å². The van der Waals surface area contributed by atoms with E-state index in [-0.39, 0.29) is 6.61 Å². The van der Waals surface area contributed by atoms with Crippen LogP contribution >= 0.6 is 0 Å². The molecule has 1 aromatic carbocycles. The zero-order chi connectivity index (χ0) is 11.7. The number of fused-ring (bicyclic) bond motifs is 1. The van der Waals surface area contributed by atoms with Gasteiger partial charge in [-0.05, 0) is 25.0 Å². The van der Waals surface area contributed by atoms with E-state index >= 15 is 0 Å². The van der Waals surface area contributed by atoms with Crippen molar-refractivity contribution in [3.63, 3.8) is 0 Å². The summed E-state index contributed by atoms with van der Waals surface area (Å²) in [5.74, 6) is 0.875. The Morgan fingerprint density at radius 1 is 1.24 bits per heavy atom. The van der Waals surface area contributed by atoms with Crippen molar-refractivity contribution in [2.45, 2.75) is 18.9 Å². The average molecular weight is 229 g/mol. The molecule has 1 aliphatic rings. The van der Waals surface area contributed by atoms with E-state index in [4.69, 9.17) is 5.11 Å². The van der Waals surface area contributed by atoms with Crippen LogP contribution in [0.15, 0.2) is 30.5 Å². The van der Waals surface area contributed by atoms with E-state index in [9.17, 15) is 0 Å². The quantitative estimate of drug-likeness (QED) is 0.865. The molecule has 0 unspecified atom stereocenters. The molecule has 0 aliphatic heterocycles. The van der Waals surface area contributed by atoms with Gasteiger partial charge in [0.15, 0.2) is 0 Å². The van der Waals surface area contributed by atoms with Gasteiger partial charge in [-0.1, -0.05) is 12.1 Å². The highest BCUT2D eigenvalue weighted by Gasteiger charge is 2.29. The first-order chi connectivity index (χ1) is 8.38. The van der Waals surface area contributed by atoms with Gasteiger partial charge >= 0.3 is 0 Å². The summed E-state index contributed by atoms with van der Waals surface area (Å²) in [6, 6.07) is 8.39. The van der Waals surface area contributed by atoms with Crippen molar-refractivity contribution in [2.75, 3.05) is 18.1 Å². The molecule has 0 atom stereocenters. The first-order valence-electron chi connectivity index (χ1n) is 5.98. The van der Waals surface area contributed by atoms with Gasteiger partial charge < -0.3 is 10.0 Å². The van der Waals surface area contributed by atoms with Gasteiger partial charge in [-0.3, -0.25) is 4.98 Å². The Hall–Kier alpha value is -1.68. The van der Waals surface area contributed by atoms with E-state index < -0.39 is 0 Å². The van der Waals surface area contributed by atoms with Gasteiger partial charge in [0, 0.05) is 12.6 Å². The van der Waals surface area contributed by atoms with Crippen LogP contribution in [0.2, 0.25) is 0 Å². The molecule has 1 fully saturated rings. The SMILES string of the molecule is OCCN(c1cnc2ccccc2n1)C1CC1. The van der Waals surface area contributed by atoms with Crippen LogP contribution in [-0.4, -0.2) is 34.3 Å². The fraction of sp³-hybridized carbons (Fsp3) is 0.385. The predicted octanol–water partition coefficient (Wildman–Crippen LogP) is 1.59. The summed E-state index contributed by atoms with van der Waals surface area (Å²) >= 11 is 0. The lowest BCUT2D eigenvalue weighted by Crippen LogP contribution is -2.29. The second-order valence-electron chi connectivity index (χ2n) is 4.37. The van der Waals surface area contributed by atoms with E-state index in [0.29, 0.717) is 12.6 Å². The molecule has 0 spiro atoms. The zero-order valence-corrected chi connectivity index (χ0v) is 9.58. The second kappa shape index (κ2) is 4.30. The van der Waals surface area contributed by atoms with Gasteiger partial charge in [-0.2, -0.15) is 0 Å². The highest BCUT2D eigenvalue weighted by Crippen LogP contribution is 2.30. The Balaban J connectivity index is 1.97. The lowest BCUT2D eigenvalue weighted by atomic mass is 10.3. The van der Waals surface area contributed by atoms with Crippen molar-refractivity contribution in [1.29, 1.82) is 0 Å². The Morgan fingerprint density at radius 2 is 2.00 bits per heavy atom. The maximum absolute atomic E-state index is 9.10. The molecule has 1 heterocycles. The normalized spacial score (nSPS) is 15.1. The monoisotopic (exact) mass is 229 g/mol. The van der Waals surface area contributed by atoms with E-state index in [1.165, 1.54) is 12.8 Å². The minimum atomic E-state index is 0.158. The molecule has 2 aromatic rings. The molecule has 88 valence electrons. The Kier molecular flexibility index (Phi) is 2.65. The van der Waals surface area contributed by atoms with Gasteiger partial charge in [-0.15, -0.1) is 0 Å². The molecule has 0 amide bonds. The van der Waals surface area contributed by atoms with Crippen LogP contribution in [0, 0.1) is 0 Å². The second-order valence-corrected chi connectivity index (χ2v) is 4.37. The Bertz CT molecular complexity index is 525. The highest BCUT2D eigenvalue weighted by molar-refractivity contribution is 5.75. The molecule has 0 saturated heterocycles. The van der Waals surface area contributed by atoms with Crippen LogP contribution < -0.4 is 4.90 Å². The maximum Gasteiger partial charge on any atom is 0.148 e. The largest absolute Gasteiger partial charge is 0.395 e. The smallest absolute Gasteiger partial charge is 0.148 e. The molecule has 3 rings (SSSR count). The number of aliphatic hydroxyl groups is 1.